The molecule has 0 saturated heterocycles. The van der Waals surface area contributed by atoms with E-state index in [1.165, 1.54) is 6.42 Å². The highest BCUT2D eigenvalue weighted by Crippen LogP contribution is 2.32. The van der Waals surface area contributed by atoms with Crippen molar-refractivity contribution in [3.63, 3.8) is 0 Å². The third kappa shape index (κ3) is 5.61. The van der Waals surface area contributed by atoms with Gasteiger partial charge in [0.2, 0.25) is 11.8 Å². The van der Waals surface area contributed by atoms with E-state index in [4.69, 9.17) is 10.5 Å². The van der Waals surface area contributed by atoms with E-state index < -0.39 is 5.41 Å². The van der Waals surface area contributed by atoms with Crippen LogP contribution in [0.3, 0.4) is 0 Å². The van der Waals surface area contributed by atoms with Gasteiger partial charge in [0.1, 0.15) is 5.75 Å². The summed E-state index contributed by atoms with van der Waals surface area (Å²) >= 11 is 0. The number of benzene rings is 1. The number of amides is 2. The summed E-state index contributed by atoms with van der Waals surface area (Å²) in [6, 6.07) is 5.29. The Labute approximate surface area is 174 Å². The second-order valence-corrected chi connectivity index (χ2v) is 7.38. The zero-order chi connectivity index (χ0) is 19.9. The molecule has 0 atom stereocenters. The van der Waals surface area contributed by atoms with Crippen LogP contribution >= 0.6 is 12.4 Å². The molecule has 1 aliphatic carbocycles. The van der Waals surface area contributed by atoms with E-state index in [-0.39, 0.29) is 30.1 Å². The van der Waals surface area contributed by atoms with Crippen LogP contribution in [0.2, 0.25) is 0 Å². The van der Waals surface area contributed by atoms with E-state index in [9.17, 15) is 9.59 Å². The van der Waals surface area contributed by atoms with Gasteiger partial charge in [0.25, 0.3) is 0 Å². The fraction of sp³-hybridized carbons (Fsp3) is 0.619. The van der Waals surface area contributed by atoms with Gasteiger partial charge in [0.05, 0.1) is 18.2 Å². The number of hydrogen-bond donors (Lipinski definition) is 3. The van der Waals surface area contributed by atoms with Crippen molar-refractivity contribution in [2.24, 2.45) is 17.1 Å². The molecule has 0 spiro atoms. The second kappa shape index (κ2) is 11.3. The largest absolute Gasteiger partial charge is 0.495 e. The Balaban J connectivity index is 0.00000392. The summed E-state index contributed by atoms with van der Waals surface area (Å²) in [5, 5.41) is 5.94. The molecule has 1 fully saturated rings. The summed E-state index contributed by atoms with van der Waals surface area (Å²) in [6.07, 6.45) is 6.60. The van der Waals surface area contributed by atoms with Gasteiger partial charge in [-0.2, -0.15) is 0 Å². The van der Waals surface area contributed by atoms with Crippen LogP contribution in [0.5, 0.6) is 5.75 Å². The number of methoxy groups -OCH3 is 1. The summed E-state index contributed by atoms with van der Waals surface area (Å²) in [5.41, 5.74) is 6.50. The van der Waals surface area contributed by atoms with Crippen LogP contribution in [0.25, 0.3) is 0 Å². The van der Waals surface area contributed by atoms with E-state index in [0.717, 1.165) is 25.7 Å². The molecular formula is C21H34ClN3O3. The van der Waals surface area contributed by atoms with Crippen molar-refractivity contribution in [2.45, 2.75) is 58.8 Å². The molecule has 2 amide bonds. The molecule has 0 unspecified atom stereocenters. The predicted octanol–water partition coefficient (Wildman–Crippen LogP) is 4.34. The highest BCUT2D eigenvalue weighted by Gasteiger charge is 2.33. The topological polar surface area (TPSA) is 93.5 Å². The first-order valence-electron chi connectivity index (χ1n) is 10.00. The maximum absolute atomic E-state index is 12.8. The van der Waals surface area contributed by atoms with Crippen molar-refractivity contribution < 1.29 is 14.3 Å². The summed E-state index contributed by atoms with van der Waals surface area (Å²) in [7, 11) is 1.57. The van der Waals surface area contributed by atoms with E-state index in [1.54, 1.807) is 25.3 Å². The smallest absolute Gasteiger partial charge is 0.231 e. The Kier molecular flexibility index (Phi) is 9.76. The average molecular weight is 412 g/mol. The number of halogens is 1. The summed E-state index contributed by atoms with van der Waals surface area (Å²) in [6.45, 7) is 4.24. The van der Waals surface area contributed by atoms with Crippen molar-refractivity contribution in [2.75, 3.05) is 24.3 Å². The zero-order valence-electron chi connectivity index (χ0n) is 17.2. The average Bonchev–Trinajstić information content (AvgIpc) is 2.70. The minimum Gasteiger partial charge on any atom is -0.495 e. The van der Waals surface area contributed by atoms with Crippen LogP contribution in [-0.2, 0) is 9.59 Å². The van der Waals surface area contributed by atoms with Crippen molar-refractivity contribution in [3.8, 4) is 5.75 Å². The minimum absolute atomic E-state index is 0. The van der Waals surface area contributed by atoms with Crippen molar-refractivity contribution in [1.29, 1.82) is 0 Å². The first-order chi connectivity index (χ1) is 13.0. The fourth-order valence-corrected chi connectivity index (χ4v) is 3.70. The molecule has 6 nitrogen and oxygen atoms in total. The third-order valence-electron chi connectivity index (χ3n) is 5.92. The lowest BCUT2D eigenvalue weighted by Crippen LogP contribution is -2.41. The summed E-state index contributed by atoms with van der Waals surface area (Å²) < 4.78 is 5.38. The number of nitrogens with one attached hydrogen (secondary N) is 2. The van der Waals surface area contributed by atoms with Gasteiger partial charge in [0.15, 0.2) is 0 Å². The molecule has 1 saturated carbocycles. The van der Waals surface area contributed by atoms with Crippen LogP contribution in [-0.4, -0.2) is 25.5 Å². The van der Waals surface area contributed by atoms with Gasteiger partial charge in [0, 0.05) is 18.2 Å². The summed E-state index contributed by atoms with van der Waals surface area (Å²) in [4.78, 5) is 25.4. The third-order valence-corrected chi connectivity index (χ3v) is 5.92. The molecule has 1 aliphatic rings. The van der Waals surface area contributed by atoms with Crippen LogP contribution in [0.4, 0.5) is 11.4 Å². The van der Waals surface area contributed by atoms with Crippen molar-refractivity contribution >= 4 is 35.6 Å². The first kappa shape index (κ1) is 24.2. The van der Waals surface area contributed by atoms with E-state index in [2.05, 4.69) is 10.6 Å². The van der Waals surface area contributed by atoms with Crippen LogP contribution in [0.15, 0.2) is 18.2 Å². The predicted molar refractivity (Wildman–Crippen MR) is 116 cm³/mol. The van der Waals surface area contributed by atoms with Gasteiger partial charge in [-0.3, -0.25) is 9.59 Å². The molecule has 1 aromatic rings. The van der Waals surface area contributed by atoms with Gasteiger partial charge in [-0.15, -0.1) is 12.4 Å². The SMILES string of the molecule is CCC(CC)(CN)C(=O)Nc1ccc(OC)c(NC(=O)C2CCCCC2)c1.Cl. The normalized spacial score (nSPS) is 14.7. The zero-order valence-corrected chi connectivity index (χ0v) is 18.0. The standard InChI is InChI=1S/C21H33N3O3.ClH/c1-4-21(5-2,14-22)20(26)23-16-11-12-18(27-3)17(13-16)24-19(25)15-9-7-6-8-10-15;/h11-13,15H,4-10,14,22H2,1-3H3,(H,23,26)(H,24,25);1H. The van der Waals surface area contributed by atoms with Gasteiger partial charge < -0.3 is 21.1 Å². The molecule has 0 radical (unpaired) electrons. The molecule has 2 rings (SSSR count). The lowest BCUT2D eigenvalue weighted by atomic mass is 9.81. The van der Waals surface area contributed by atoms with E-state index in [0.29, 0.717) is 36.5 Å². The van der Waals surface area contributed by atoms with E-state index >= 15 is 0 Å². The molecule has 28 heavy (non-hydrogen) atoms. The second-order valence-electron chi connectivity index (χ2n) is 7.38. The summed E-state index contributed by atoms with van der Waals surface area (Å²) in [5.74, 6) is 0.555. The Morgan fingerprint density at radius 3 is 2.32 bits per heavy atom. The quantitative estimate of drug-likeness (QED) is 0.593. The molecule has 0 aromatic heterocycles. The molecule has 0 bridgehead atoms. The minimum atomic E-state index is -0.578. The Hall–Kier alpha value is -1.79. The number of carbonyl (C=O) groups excluding carboxylic acids is 2. The van der Waals surface area contributed by atoms with Crippen LogP contribution in [0, 0.1) is 11.3 Å². The molecule has 7 heteroatoms. The van der Waals surface area contributed by atoms with Crippen LogP contribution < -0.4 is 21.1 Å². The van der Waals surface area contributed by atoms with E-state index in [1.807, 2.05) is 13.8 Å². The molecule has 0 aliphatic heterocycles. The number of anilines is 2. The number of ether oxygens (including phenoxy) is 1. The van der Waals surface area contributed by atoms with Gasteiger partial charge in [-0.1, -0.05) is 33.1 Å². The number of rotatable bonds is 8. The maximum Gasteiger partial charge on any atom is 0.231 e. The molecule has 0 heterocycles. The molecule has 1 aromatic carbocycles. The Morgan fingerprint density at radius 2 is 1.79 bits per heavy atom. The van der Waals surface area contributed by atoms with Crippen molar-refractivity contribution in [3.05, 3.63) is 18.2 Å². The molecule has 158 valence electrons. The highest BCUT2D eigenvalue weighted by atomic mass is 35.5. The lowest BCUT2D eigenvalue weighted by molar-refractivity contribution is -0.125. The Morgan fingerprint density at radius 1 is 1.14 bits per heavy atom. The van der Waals surface area contributed by atoms with Gasteiger partial charge in [-0.25, -0.2) is 0 Å². The highest BCUT2D eigenvalue weighted by molar-refractivity contribution is 5.98. The molecule has 4 N–H and O–H groups in total. The number of hydrogen-bond acceptors (Lipinski definition) is 4. The lowest BCUT2D eigenvalue weighted by Gasteiger charge is -2.28. The maximum atomic E-state index is 12.8. The fourth-order valence-electron chi connectivity index (χ4n) is 3.70. The van der Waals surface area contributed by atoms with Gasteiger partial charge in [-0.05, 0) is 43.9 Å². The Bertz CT molecular complexity index is 648. The number of nitrogens with two attached hydrogens (primary N) is 1. The number of carbonyl (C=O) groups is 2. The van der Waals surface area contributed by atoms with Crippen molar-refractivity contribution in [1.82, 2.24) is 0 Å². The monoisotopic (exact) mass is 411 g/mol. The first-order valence-corrected chi connectivity index (χ1v) is 10.00. The van der Waals surface area contributed by atoms with Gasteiger partial charge >= 0.3 is 0 Å². The van der Waals surface area contributed by atoms with Crippen LogP contribution in [0.1, 0.15) is 58.8 Å². The molecular weight excluding hydrogens is 378 g/mol.